The molecule has 1 atom stereocenters. The van der Waals surface area contributed by atoms with E-state index in [2.05, 4.69) is 5.32 Å². The topological polar surface area (TPSA) is 69.6 Å². The smallest absolute Gasteiger partial charge is 0.395 e. The predicted molar refractivity (Wildman–Crippen MR) is 50.9 cm³/mol. The fraction of sp³-hybridized carbons (Fsp3) is 0.778. The molecule has 0 radical (unpaired) electrons. The van der Waals surface area contributed by atoms with E-state index in [1.54, 1.807) is 0 Å². The van der Waals surface area contributed by atoms with Crippen LogP contribution in [0, 0.1) is 0 Å². The molecule has 1 saturated heterocycles. The van der Waals surface area contributed by atoms with Gasteiger partial charge < -0.3 is 15.3 Å². The summed E-state index contributed by atoms with van der Waals surface area (Å²) >= 11 is 0. The number of nitrogens with zero attached hydrogens (tertiary/aromatic N) is 1. The van der Waals surface area contributed by atoms with Crippen LogP contribution >= 0.6 is 0 Å². The van der Waals surface area contributed by atoms with E-state index >= 15 is 0 Å². The molecule has 0 spiro atoms. The Morgan fingerprint density at radius 3 is 2.59 bits per heavy atom. The summed E-state index contributed by atoms with van der Waals surface area (Å²) in [5.74, 6) is -1.15. The van der Waals surface area contributed by atoms with Crippen LogP contribution in [0.25, 0.3) is 0 Å². The van der Waals surface area contributed by atoms with Crippen LogP contribution in [-0.2, 0) is 9.59 Å². The maximum atomic E-state index is 12.2. The molecule has 2 amide bonds. The van der Waals surface area contributed by atoms with Gasteiger partial charge in [-0.15, -0.1) is 0 Å². The lowest BCUT2D eigenvalue weighted by molar-refractivity contribution is -0.163. The van der Waals surface area contributed by atoms with E-state index in [9.17, 15) is 22.8 Å². The molecule has 1 aliphatic rings. The van der Waals surface area contributed by atoms with Crippen molar-refractivity contribution < 1.29 is 27.9 Å². The zero-order valence-electron chi connectivity index (χ0n) is 8.96. The fourth-order valence-electron chi connectivity index (χ4n) is 1.62. The standard InChI is InChI=1S/C9H13F3N2O3/c10-9(11,12)5-14(3-4-15)8(17)6-1-2-7(16)13-6/h6,15H,1-5H2,(H,13,16)/t6-/m1/s1. The molecule has 1 heterocycles. The summed E-state index contributed by atoms with van der Waals surface area (Å²) in [5.41, 5.74) is 0. The highest BCUT2D eigenvalue weighted by Gasteiger charge is 2.37. The Balaban J connectivity index is 2.63. The highest BCUT2D eigenvalue weighted by Crippen LogP contribution is 2.18. The van der Waals surface area contributed by atoms with Gasteiger partial charge in [0.1, 0.15) is 12.6 Å². The summed E-state index contributed by atoms with van der Waals surface area (Å²) in [6, 6.07) is -0.906. The maximum absolute atomic E-state index is 12.2. The molecule has 1 rings (SSSR count). The summed E-state index contributed by atoms with van der Waals surface area (Å²) in [4.78, 5) is 23.0. The van der Waals surface area contributed by atoms with Crippen LogP contribution in [0.15, 0.2) is 0 Å². The van der Waals surface area contributed by atoms with Gasteiger partial charge in [0.05, 0.1) is 6.61 Å². The Morgan fingerprint density at radius 2 is 2.18 bits per heavy atom. The number of carbonyl (C=O) groups is 2. The largest absolute Gasteiger partial charge is 0.406 e. The Kier molecular flexibility index (Phi) is 4.33. The molecule has 8 heteroatoms. The Labute approximate surface area is 95.6 Å². The van der Waals surface area contributed by atoms with Gasteiger partial charge >= 0.3 is 6.18 Å². The highest BCUT2D eigenvalue weighted by molar-refractivity contribution is 5.90. The Hall–Kier alpha value is -1.31. The minimum Gasteiger partial charge on any atom is -0.395 e. The van der Waals surface area contributed by atoms with Crippen molar-refractivity contribution in [1.29, 1.82) is 0 Å². The molecule has 0 saturated carbocycles. The quantitative estimate of drug-likeness (QED) is 0.720. The van der Waals surface area contributed by atoms with Gasteiger partial charge in [-0.05, 0) is 6.42 Å². The third-order valence-electron chi connectivity index (χ3n) is 2.35. The van der Waals surface area contributed by atoms with E-state index in [1.807, 2.05) is 0 Å². The summed E-state index contributed by atoms with van der Waals surface area (Å²) in [5, 5.41) is 10.9. The van der Waals surface area contributed by atoms with E-state index in [0.717, 1.165) is 0 Å². The van der Waals surface area contributed by atoms with Crippen molar-refractivity contribution >= 4 is 11.8 Å². The lowest BCUT2D eigenvalue weighted by Crippen LogP contribution is -2.48. The first-order chi connectivity index (χ1) is 7.83. The van der Waals surface area contributed by atoms with Crippen molar-refractivity contribution in [3.63, 3.8) is 0 Å². The van der Waals surface area contributed by atoms with Crippen molar-refractivity contribution in [3.8, 4) is 0 Å². The van der Waals surface area contributed by atoms with Crippen molar-refractivity contribution in [2.24, 2.45) is 0 Å². The molecule has 1 aliphatic heterocycles. The summed E-state index contributed by atoms with van der Waals surface area (Å²) in [6.45, 7) is -2.37. The molecule has 0 aromatic heterocycles. The lowest BCUT2D eigenvalue weighted by Gasteiger charge is -2.25. The second kappa shape index (κ2) is 5.35. The van der Waals surface area contributed by atoms with Gasteiger partial charge in [-0.25, -0.2) is 0 Å². The maximum Gasteiger partial charge on any atom is 0.406 e. The normalized spacial score (nSPS) is 20.2. The number of aliphatic hydroxyl groups is 1. The summed E-state index contributed by atoms with van der Waals surface area (Å²) < 4.78 is 36.6. The fourth-order valence-corrected chi connectivity index (χ4v) is 1.62. The molecular weight excluding hydrogens is 241 g/mol. The molecule has 0 bridgehead atoms. The number of alkyl halides is 3. The number of halogens is 3. The van der Waals surface area contributed by atoms with E-state index < -0.39 is 37.8 Å². The number of carbonyl (C=O) groups excluding carboxylic acids is 2. The molecule has 5 nitrogen and oxygen atoms in total. The molecular formula is C9H13F3N2O3. The third-order valence-corrected chi connectivity index (χ3v) is 2.35. The van der Waals surface area contributed by atoms with Crippen molar-refractivity contribution in [2.45, 2.75) is 25.1 Å². The number of nitrogens with one attached hydrogen (secondary N) is 1. The molecule has 98 valence electrons. The average molecular weight is 254 g/mol. The molecule has 0 aromatic carbocycles. The molecule has 0 aliphatic carbocycles. The van der Waals surface area contributed by atoms with E-state index in [-0.39, 0.29) is 18.7 Å². The van der Waals surface area contributed by atoms with Gasteiger partial charge in [-0.2, -0.15) is 13.2 Å². The van der Waals surface area contributed by atoms with Crippen LogP contribution in [0.2, 0.25) is 0 Å². The lowest BCUT2D eigenvalue weighted by atomic mass is 10.2. The zero-order chi connectivity index (χ0) is 13.1. The zero-order valence-corrected chi connectivity index (χ0v) is 8.96. The van der Waals surface area contributed by atoms with Gasteiger partial charge in [-0.3, -0.25) is 9.59 Å². The van der Waals surface area contributed by atoms with Crippen LogP contribution in [0.1, 0.15) is 12.8 Å². The summed E-state index contributed by atoms with van der Waals surface area (Å²) in [7, 11) is 0. The van der Waals surface area contributed by atoms with Crippen LogP contribution < -0.4 is 5.32 Å². The number of hydrogen-bond donors (Lipinski definition) is 2. The minimum atomic E-state index is -4.52. The number of amides is 2. The van der Waals surface area contributed by atoms with Gasteiger partial charge in [0.15, 0.2) is 0 Å². The monoisotopic (exact) mass is 254 g/mol. The van der Waals surface area contributed by atoms with Crippen molar-refractivity contribution in [3.05, 3.63) is 0 Å². The van der Waals surface area contributed by atoms with E-state index in [0.29, 0.717) is 4.90 Å². The number of hydrogen-bond acceptors (Lipinski definition) is 3. The Bertz CT molecular complexity index is 306. The van der Waals surface area contributed by atoms with Crippen LogP contribution in [0.5, 0.6) is 0 Å². The second-order valence-electron chi connectivity index (χ2n) is 3.76. The van der Waals surface area contributed by atoms with Crippen LogP contribution in [0.4, 0.5) is 13.2 Å². The Morgan fingerprint density at radius 1 is 1.53 bits per heavy atom. The van der Waals surface area contributed by atoms with Crippen LogP contribution in [-0.4, -0.2) is 53.7 Å². The number of aliphatic hydroxyl groups excluding tert-OH is 1. The molecule has 2 N–H and O–H groups in total. The first kappa shape index (κ1) is 13.8. The van der Waals surface area contributed by atoms with Crippen molar-refractivity contribution in [2.75, 3.05) is 19.7 Å². The van der Waals surface area contributed by atoms with Crippen LogP contribution in [0.3, 0.4) is 0 Å². The van der Waals surface area contributed by atoms with Gasteiger partial charge in [0.2, 0.25) is 11.8 Å². The molecule has 0 unspecified atom stereocenters. The van der Waals surface area contributed by atoms with Crippen molar-refractivity contribution in [1.82, 2.24) is 10.2 Å². The SMILES string of the molecule is O=C1CC[C@H](C(=O)N(CCO)CC(F)(F)F)N1. The molecule has 0 aromatic rings. The average Bonchev–Trinajstić information content (AvgIpc) is 2.61. The summed E-state index contributed by atoms with van der Waals surface area (Å²) in [6.07, 6.45) is -4.19. The molecule has 17 heavy (non-hydrogen) atoms. The third kappa shape index (κ3) is 4.22. The van der Waals surface area contributed by atoms with Gasteiger partial charge in [0.25, 0.3) is 0 Å². The van der Waals surface area contributed by atoms with Gasteiger partial charge in [-0.1, -0.05) is 0 Å². The predicted octanol–water partition coefficient (Wildman–Crippen LogP) is -0.352. The van der Waals surface area contributed by atoms with E-state index in [1.165, 1.54) is 0 Å². The minimum absolute atomic E-state index is 0.134. The first-order valence-corrected chi connectivity index (χ1v) is 5.09. The first-order valence-electron chi connectivity index (χ1n) is 5.09. The second-order valence-corrected chi connectivity index (χ2v) is 3.76. The van der Waals surface area contributed by atoms with E-state index in [4.69, 9.17) is 5.11 Å². The molecule has 1 fully saturated rings. The van der Waals surface area contributed by atoms with Gasteiger partial charge in [0, 0.05) is 13.0 Å². The highest BCUT2D eigenvalue weighted by atomic mass is 19.4. The number of rotatable bonds is 4.